The number of hydrogen-bond acceptors (Lipinski definition) is 5. The molecule has 3 aromatic rings. The van der Waals surface area contributed by atoms with E-state index in [1.807, 2.05) is 9.47 Å². The lowest BCUT2D eigenvalue weighted by molar-refractivity contribution is -0.137. The van der Waals surface area contributed by atoms with E-state index in [0.29, 0.717) is 49.5 Å². The number of rotatable bonds is 7. The first kappa shape index (κ1) is 24.2. The van der Waals surface area contributed by atoms with Crippen molar-refractivity contribution in [1.29, 1.82) is 0 Å². The maximum absolute atomic E-state index is 12.7. The molecule has 1 aromatic carbocycles. The number of imidazole rings is 1. The number of pyridine rings is 1. The summed E-state index contributed by atoms with van der Waals surface area (Å²) in [5, 5.41) is 5.81. The zero-order valence-corrected chi connectivity index (χ0v) is 18.8. The summed E-state index contributed by atoms with van der Waals surface area (Å²) < 4.78 is 40.0. The van der Waals surface area contributed by atoms with Gasteiger partial charge >= 0.3 is 6.18 Å². The Morgan fingerprint density at radius 2 is 1.91 bits per heavy atom. The van der Waals surface area contributed by atoms with Gasteiger partial charge in [-0.05, 0) is 43.2 Å². The number of nitrogens with zero attached hydrogens (tertiary/aromatic N) is 4. The van der Waals surface area contributed by atoms with Crippen molar-refractivity contribution in [3.63, 3.8) is 0 Å². The van der Waals surface area contributed by atoms with Gasteiger partial charge in [0, 0.05) is 61.9 Å². The molecule has 35 heavy (non-hydrogen) atoms. The highest BCUT2D eigenvalue weighted by Gasteiger charge is 2.31. The molecule has 1 aliphatic heterocycles. The molecule has 0 radical (unpaired) electrons. The number of carbonyl (C=O) groups is 2. The first-order valence-corrected chi connectivity index (χ1v) is 11.2. The van der Waals surface area contributed by atoms with Crippen LogP contribution >= 0.6 is 0 Å². The number of halogens is 3. The molecule has 0 atom stereocenters. The van der Waals surface area contributed by atoms with E-state index < -0.39 is 11.7 Å². The number of amides is 2. The standard InChI is InChI=1S/C24H25F3N6O2/c25-24(26,27)18-4-5-21(29-15-18)33-11-6-19(7-12-33)31-23(35)17-2-1-3-20(14-17)30-22(34)8-10-32-13-9-28-16-32/h1-5,9,13-16,19H,6-8,10-12H2,(H,30,34)(H,31,35). The Balaban J connectivity index is 1.26. The number of nitrogens with one attached hydrogen (secondary N) is 2. The predicted molar refractivity (Wildman–Crippen MR) is 124 cm³/mol. The maximum atomic E-state index is 12.7. The minimum atomic E-state index is -4.41. The summed E-state index contributed by atoms with van der Waals surface area (Å²) in [6.45, 7) is 1.64. The van der Waals surface area contributed by atoms with Crippen LogP contribution in [-0.2, 0) is 17.5 Å². The summed E-state index contributed by atoms with van der Waals surface area (Å²) >= 11 is 0. The number of hydrogen-bond donors (Lipinski definition) is 2. The second-order valence-electron chi connectivity index (χ2n) is 8.32. The average molecular weight is 486 g/mol. The van der Waals surface area contributed by atoms with Crippen molar-refractivity contribution in [2.24, 2.45) is 0 Å². The number of carbonyl (C=O) groups excluding carboxylic acids is 2. The van der Waals surface area contributed by atoms with E-state index >= 15 is 0 Å². The molecule has 184 valence electrons. The number of anilines is 2. The van der Waals surface area contributed by atoms with Gasteiger partial charge in [-0.3, -0.25) is 9.59 Å². The topological polar surface area (TPSA) is 92.1 Å². The molecule has 2 amide bonds. The Morgan fingerprint density at radius 1 is 1.11 bits per heavy atom. The molecular weight excluding hydrogens is 461 g/mol. The third kappa shape index (κ3) is 6.58. The molecule has 8 nitrogen and oxygen atoms in total. The van der Waals surface area contributed by atoms with Crippen molar-refractivity contribution in [2.45, 2.75) is 38.0 Å². The van der Waals surface area contributed by atoms with Gasteiger partial charge in [0.05, 0.1) is 11.9 Å². The molecule has 4 rings (SSSR count). The SMILES string of the molecule is O=C(CCn1ccnc1)Nc1cccc(C(=O)NC2CCN(c3ccc(C(F)(F)F)cn3)CC2)c1. The van der Waals surface area contributed by atoms with Crippen LogP contribution in [0.1, 0.15) is 35.2 Å². The van der Waals surface area contributed by atoms with Crippen molar-refractivity contribution >= 4 is 23.3 Å². The average Bonchev–Trinajstić information content (AvgIpc) is 3.37. The fraction of sp³-hybridized carbons (Fsp3) is 0.333. The third-order valence-corrected chi connectivity index (χ3v) is 5.79. The van der Waals surface area contributed by atoms with Crippen LogP contribution in [0.4, 0.5) is 24.7 Å². The number of aromatic nitrogens is 3. The van der Waals surface area contributed by atoms with Gasteiger partial charge in [0.15, 0.2) is 0 Å². The fourth-order valence-corrected chi connectivity index (χ4v) is 3.87. The summed E-state index contributed by atoms with van der Waals surface area (Å²) in [5.41, 5.74) is 0.195. The summed E-state index contributed by atoms with van der Waals surface area (Å²) in [5.74, 6) is 0.0744. The summed E-state index contributed by atoms with van der Waals surface area (Å²) in [6, 6.07) is 9.07. The third-order valence-electron chi connectivity index (χ3n) is 5.79. The first-order chi connectivity index (χ1) is 16.8. The van der Waals surface area contributed by atoms with Crippen molar-refractivity contribution in [1.82, 2.24) is 19.9 Å². The normalized spacial score (nSPS) is 14.5. The van der Waals surface area contributed by atoms with Gasteiger partial charge in [-0.15, -0.1) is 0 Å². The van der Waals surface area contributed by atoms with Gasteiger partial charge in [0.1, 0.15) is 5.82 Å². The van der Waals surface area contributed by atoms with Gasteiger partial charge in [-0.2, -0.15) is 13.2 Å². The molecule has 2 aromatic heterocycles. The summed E-state index contributed by atoms with van der Waals surface area (Å²) in [6.07, 6.45) is 3.05. The Kier molecular flexibility index (Phi) is 7.33. The largest absolute Gasteiger partial charge is 0.417 e. The van der Waals surface area contributed by atoms with Crippen LogP contribution in [-0.4, -0.2) is 45.5 Å². The Bertz CT molecular complexity index is 1140. The lowest BCUT2D eigenvalue weighted by Gasteiger charge is -2.33. The Labute approximate surface area is 200 Å². The summed E-state index contributed by atoms with van der Waals surface area (Å²) in [7, 11) is 0. The van der Waals surface area contributed by atoms with Gasteiger partial charge in [0.2, 0.25) is 5.91 Å². The van der Waals surface area contributed by atoms with Crippen molar-refractivity contribution in [3.8, 4) is 0 Å². The van der Waals surface area contributed by atoms with Crippen LogP contribution in [0, 0.1) is 0 Å². The molecule has 1 fully saturated rings. The Hall–Kier alpha value is -3.89. The van der Waals surface area contributed by atoms with Crippen LogP contribution in [0.25, 0.3) is 0 Å². The molecular formula is C24H25F3N6O2. The van der Waals surface area contributed by atoms with Gasteiger partial charge in [0.25, 0.3) is 5.91 Å². The van der Waals surface area contributed by atoms with E-state index in [9.17, 15) is 22.8 Å². The first-order valence-electron chi connectivity index (χ1n) is 11.2. The predicted octanol–water partition coefficient (Wildman–Crippen LogP) is 3.72. The zero-order chi connectivity index (χ0) is 24.8. The Morgan fingerprint density at radius 3 is 2.57 bits per heavy atom. The van der Waals surface area contributed by atoms with E-state index in [0.717, 1.165) is 12.3 Å². The molecule has 0 bridgehead atoms. The van der Waals surface area contributed by atoms with E-state index in [1.54, 1.807) is 43.0 Å². The lowest BCUT2D eigenvalue weighted by Crippen LogP contribution is -2.45. The van der Waals surface area contributed by atoms with Gasteiger partial charge in [-0.1, -0.05) is 6.07 Å². The second kappa shape index (κ2) is 10.6. The van der Waals surface area contributed by atoms with Gasteiger partial charge < -0.3 is 20.1 Å². The molecule has 11 heteroatoms. The van der Waals surface area contributed by atoms with Crippen LogP contribution < -0.4 is 15.5 Å². The van der Waals surface area contributed by atoms with Crippen molar-refractivity contribution in [2.75, 3.05) is 23.3 Å². The highest BCUT2D eigenvalue weighted by atomic mass is 19.4. The van der Waals surface area contributed by atoms with Crippen LogP contribution in [0.2, 0.25) is 0 Å². The molecule has 0 saturated carbocycles. The fourth-order valence-electron chi connectivity index (χ4n) is 3.87. The highest BCUT2D eigenvalue weighted by molar-refractivity contribution is 5.97. The molecule has 1 saturated heterocycles. The monoisotopic (exact) mass is 486 g/mol. The van der Waals surface area contributed by atoms with Crippen LogP contribution in [0.15, 0.2) is 61.3 Å². The number of benzene rings is 1. The molecule has 2 N–H and O–H groups in total. The molecule has 0 spiro atoms. The minimum absolute atomic E-state index is 0.0679. The second-order valence-corrected chi connectivity index (χ2v) is 8.32. The van der Waals surface area contributed by atoms with Crippen molar-refractivity contribution in [3.05, 3.63) is 72.4 Å². The smallest absolute Gasteiger partial charge is 0.356 e. The number of aryl methyl sites for hydroxylation is 1. The van der Waals surface area contributed by atoms with Crippen molar-refractivity contribution < 1.29 is 22.8 Å². The van der Waals surface area contributed by atoms with Crippen LogP contribution in [0.3, 0.4) is 0 Å². The van der Waals surface area contributed by atoms with E-state index in [2.05, 4.69) is 20.6 Å². The maximum Gasteiger partial charge on any atom is 0.417 e. The van der Waals surface area contributed by atoms with E-state index in [1.165, 1.54) is 6.07 Å². The van der Waals surface area contributed by atoms with Crippen LogP contribution in [0.5, 0.6) is 0 Å². The molecule has 1 aliphatic rings. The van der Waals surface area contributed by atoms with E-state index in [-0.39, 0.29) is 24.3 Å². The highest BCUT2D eigenvalue weighted by Crippen LogP contribution is 2.29. The number of piperidine rings is 1. The molecule has 0 unspecified atom stereocenters. The molecule has 0 aliphatic carbocycles. The zero-order valence-electron chi connectivity index (χ0n) is 18.8. The molecule has 3 heterocycles. The van der Waals surface area contributed by atoms with E-state index in [4.69, 9.17) is 0 Å². The minimum Gasteiger partial charge on any atom is -0.356 e. The number of alkyl halides is 3. The lowest BCUT2D eigenvalue weighted by atomic mass is 10.0. The van der Waals surface area contributed by atoms with Gasteiger partial charge in [-0.25, -0.2) is 9.97 Å². The summed E-state index contributed by atoms with van der Waals surface area (Å²) in [4.78, 5) is 34.7. The quantitative estimate of drug-likeness (QED) is 0.531.